The molecule has 1 unspecified atom stereocenters. The third kappa shape index (κ3) is 4.88. The molecule has 1 atom stereocenters. The smallest absolute Gasteiger partial charge is 0.238 e. The average Bonchev–Trinajstić information content (AvgIpc) is 2.78. The van der Waals surface area contributed by atoms with Gasteiger partial charge in [0.15, 0.2) is 0 Å². The second kappa shape index (κ2) is 7.11. The molecule has 1 aromatic carbocycles. The van der Waals surface area contributed by atoms with Crippen molar-refractivity contribution in [1.29, 1.82) is 0 Å². The number of nitrogens with two attached hydrogens (primary N) is 1. The number of hydrogen-bond acceptors (Lipinski definition) is 4. The zero-order valence-electron chi connectivity index (χ0n) is 12.6. The second-order valence-electron chi connectivity index (χ2n) is 5.90. The predicted molar refractivity (Wildman–Crippen MR) is 87.6 cm³/mol. The van der Waals surface area contributed by atoms with E-state index in [0.29, 0.717) is 28.9 Å². The molecule has 0 spiro atoms. The number of hydrogen-bond donors (Lipinski definition) is 2. The fraction of sp³-hybridized carbons (Fsp3) is 0.533. The number of likely N-dealkylation sites (tertiary alicyclic amines) is 1. The predicted octanol–water partition coefficient (Wildman–Crippen LogP) is 1.74. The molecule has 1 aliphatic heterocycles. The van der Waals surface area contributed by atoms with E-state index in [4.69, 9.17) is 17.3 Å². The van der Waals surface area contributed by atoms with Gasteiger partial charge in [-0.25, -0.2) is 0 Å². The summed E-state index contributed by atoms with van der Waals surface area (Å²) < 4.78 is 0. The van der Waals surface area contributed by atoms with Crippen LogP contribution in [0.1, 0.15) is 6.42 Å². The summed E-state index contributed by atoms with van der Waals surface area (Å²) in [6.07, 6.45) is 1.20. The molecule has 116 valence electrons. The lowest BCUT2D eigenvalue weighted by Crippen LogP contribution is -2.34. The van der Waals surface area contributed by atoms with Gasteiger partial charge in [0.1, 0.15) is 0 Å². The monoisotopic (exact) mass is 310 g/mol. The third-order valence-electron chi connectivity index (χ3n) is 3.74. The van der Waals surface area contributed by atoms with Crippen molar-refractivity contribution in [3.05, 3.63) is 23.2 Å². The topological polar surface area (TPSA) is 61.6 Å². The highest BCUT2D eigenvalue weighted by Gasteiger charge is 2.21. The number of carbonyl (C=O) groups excluding carboxylic acids is 1. The molecular weight excluding hydrogens is 288 g/mol. The summed E-state index contributed by atoms with van der Waals surface area (Å²) in [5.74, 6) is 0.587. The van der Waals surface area contributed by atoms with Crippen LogP contribution in [0.3, 0.4) is 0 Å². The van der Waals surface area contributed by atoms with Crippen molar-refractivity contribution in [2.75, 3.05) is 51.3 Å². The number of nitrogen functional groups attached to an aromatic ring is 1. The minimum absolute atomic E-state index is 0.0597. The summed E-state index contributed by atoms with van der Waals surface area (Å²) in [6.45, 7) is 3.55. The Hall–Kier alpha value is -1.30. The summed E-state index contributed by atoms with van der Waals surface area (Å²) in [7, 11) is 4.11. The van der Waals surface area contributed by atoms with E-state index in [1.54, 1.807) is 18.2 Å². The highest BCUT2D eigenvalue weighted by molar-refractivity contribution is 6.34. The number of carbonyl (C=O) groups is 1. The molecule has 5 nitrogen and oxygen atoms in total. The number of likely N-dealkylation sites (N-methyl/N-ethyl adjacent to an activating group) is 1. The fourth-order valence-corrected chi connectivity index (χ4v) is 2.98. The van der Waals surface area contributed by atoms with Crippen LogP contribution in [0.5, 0.6) is 0 Å². The van der Waals surface area contributed by atoms with Crippen molar-refractivity contribution >= 4 is 28.9 Å². The van der Waals surface area contributed by atoms with Gasteiger partial charge in [-0.3, -0.25) is 9.69 Å². The van der Waals surface area contributed by atoms with Gasteiger partial charge in [0, 0.05) is 18.8 Å². The maximum absolute atomic E-state index is 12.0. The van der Waals surface area contributed by atoms with Gasteiger partial charge >= 0.3 is 0 Å². The molecule has 0 saturated carbocycles. The van der Waals surface area contributed by atoms with E-state index >= 15 is 0 Å². The van der Waals surface area contributed by atoms with E-state index in [1.807, 2.05) is 7.05 Å². The van der Waals surface area contributed by atoms with E-state index < -0.39 is 0 Å². The van der Waals surface area contributed by atoms with Crippen LogP contribution in [0.25, 0.3) is 0 Å². The van der Waals surface area contributed by atoms with E-state index in [9.17, 15) is 4.79 Å². The highest BCUT2D eigenvalue weighted by atomic mass is 35.5. The van der Waals surface area contributed by atoms with Gasteiger partial charge in [-0.1, -0.05) is 11.6 Å². The first kappa shape index (κ1) is 16.1. The Morgan fingerprint density at radius 3 is 2.95 bits per heavy atom. The van der Waals surface area contributed by atoms with Crippen molar-refractivity contribution in [2.24, 2.45) is 5.92 Å². The molecule has 1 aliphatic rings. The van der Waals surface area contributed by atoms with Gasteiger partial charge < -0.3 is 16.0 Å². The molecule has 1 aromatic rings. The van der Waals surface area contributed by atoms with Crippen molar-refractivity contribution in [3.8, 4) is 0 Å². The van der Waals surface area contributed by atoms with Crippen molar-refractivity contribution < 1.29 is 4.79 Å². The van der Waals surface area contributed by atoms with E-state index in [0.717, 1.165) is 19.6 Å². The third-order valence-corrected chi connectivity index (χ3v) is 4.05. The SMILES string of the molecule is CN1CCC(CN(C)CC(=O)Nc2ccc(N)cc2Cl)C1. The van der Waals surface area contributed by atoms with Gasteiger partial charge in [0.2, 0.25) is 5.91 Å². The Balaban J connectivity index is 1.81. The molecule has 1 saturated heterocycles. The Bertz CT molecular complexity index is 508. The molecule has 6 heteroatoms. The van der Waals surface area contributed by atoms with Crippen LogP contribution in [0, 0.1) is 5.92 Å². The van der Waals surface area contributed by atoms with E-state index in [1.165, 1.54) is 6.42 Å². The number of rotatable bonds is 5. The van der Waals surface area contributed by atoms with E-state index in [-0.39, 0.29) is 5.91 Å². The van der Waals surface area contributed by atoms with Gasteiger partial charge in [0.05, 0.1) is 17.3 Å². The van der Waals surface area contributed by atoms with Crippen molar-refractivity contribution in [1.82, 2.24) is 9.80 Å². The Morgan fingerprint density at radius 2 is 2.33 bits per heavy atom. The van der Waals surface area contributed by atoms with Crippen LogP contribution in [-0.2, 0) is 4.79 Å². The van der Waals surface area contributed by atoms with Gasteiger partial charge in [-0.05, 0) is 51.2 Å². The quantitative estimate of drug-likeness (QED) is 0.813. The maximum Gasteiger partial charge on any atom is 0.238 e. The Kier molecular flexibility index (Phi) is 5.45. The van der Waals surface area contributed by atoms with Crippen molar-refractivity contribution in [2.45, 2.75) is 6.42 Å². The zero-order valence-corrected chi connectivity index (χ0v) is 13.4. The molecule has 3 N–H and O–H groups in total. The molecule has 1 heterocycles. The number of nitrogens with one attached hydrogen (secondary N) is 1. The average molecular weight is 311 g/mol. The molecule has 0 radical (unpaired) electrons. The van der Waals surface area contributed by atoms with E-state index in [2.05, 4.69) is 22.2 Å². The lowest BCUT2D eigenvalue weighted by atomic mass is 10.1. The molecule has 1 fully saturated rings. The van der Waals surface area contributed by atoms with Crippen LogP contribution < -0.4 is 11.1 Å². The van der Waals surface area contributed by atoms with Crippen LogP contribution in [-0.4, -0.2) is 56.0 Å². The first-order valence-corrected chi connectivity index (χ1v) is 7.54. The number of amides is 1. The Labute approximate surface area is 131 Å². The van der Waals surface area contributed by atoms with Crippen LogP contribution in [0.15, 0.2) is 18.2 Å². The molecule has 0 bridgehead atoms. The van der Waals surface area contributed by atoms with Crippen LogP contribution in [0.4, 0.5) is 11.4 Å². The normalized spacial score (nSPS) is 19.1. The molecule has 0 aliphatic carbocycles. The molecule has 21 heavy (non-hydrogen) atoms. The molecule has 2 rings (SSSR count). The van der Waals surface area contributed by atoms with Gasteiger partial charge in [-0.2, -0.15) is 0 Å². The number of halogens is 1. The van der Waals surface area contributed by atoms with Crippen LogP contribution >= 0.6 is 11.6 Å². The van der Waals surface area contributed by atoms with Gasteiger partial charge in [0.25, 0.3) is 0 Å². The first-order valence-electron chi connectivity index (χ1n) is 7.16. The van der Waals surface area contributed by atoms with Crippen LogP contribution in [0.2, 0.25) is 5.02 Å². The first-order chi connectivity index (χ1) is 9.94. The fourth-order valence-electron chi connectivity index (χ4n) is 2.75. The summed E-state index contributed by atoms with van der Waals surface area (Å²) in [4.78, 5) is 16.4. The van der Waals surface area contributed by atoms with Gasteiger partial charge in [-0.15, -0.1) is 0 Å². The second-order valence-corrected chi connectivity index (χ2v) is 6.31. The number of nitrogens with zero attached hydrogens (tertiary/aromatic N) is 2. The highest BCUT2D eigenvalue weighted by Crippen LogP contribution is 2.24. The summed E-state index contributed by atoms with van der Waals surface area (Å²) in [5, 5.41) is 3.28. The molecule has 1 amide bonds. The summed E-state index contributed by atoms with van der Waals surface area (Å²) >= 11 is 6.05. The lowest BCUT2D eigenvalue weighted by Gasteiger charge is -2.20. The molecular formula is C15H23ClN4O. The summed E-state index contributed by atoms with van der Waals surface area (Å²) in [6, 6.07) is 5.08. The number of benzene rings is 1. The minimum Gasteiger partial charge on any atom is -0.399 e. The zero-order chi connectivity index (χ0) is 15.4. The minimum atomic E-state index is -0.0597. The van der Waals surface area contributed by atoms with Crippen molar-refractivity contribution in [3.63, 3.8) is 0 Å². The summed E-state index contributed by atoms with van der Waals surface area (Å²) in [5.41, 5.74) is 6.82. The lowest BCUT2D eigenvalue weighted by molar-refractivity contribution is -0.117. The Morgan fingerprint density at radius 1 is 1.57 bits per heavy atom. The molecule has 0 aromatic heterocycles. The standard InChI is InChI=1S/C15H23ClN4O/c1-19-6-5-11(8-19)9-20(2)10-15(21)18-14-4-3-12(17)7-13(14)16/h3-4,7,11H,5-6,8-10,17H2,1-2H3,(H,18,21). The number of anilines is 2. The maximum atomic E-state index is 12.0. The largest absolute Gasteiger partial charge is 0.399 e.